The van der Waals surface area contributed by atoms with Crippen molar-refractivity contribution in [2.24, 2.45) is 0 Å². The van der Waals surface area contributed by atoms with E-state index in [1.165, 1.54) is 0 Å². The number of pyridine rings is 2. The van der Waals surface area contributed by atoms with Crippen molar-refractivity contribution >= 4 is 38.4 Å². The first-order valence-electron chi connectivity index (χ1n) is 5.57. The molecule has 0 aromatic carbocycles. The average Bonchev–Trinajstić information content (AvgIpc) is 2.40. The van der Waals surface area contributed by atoms with Crippen LogP contribution in [-0.4, -0.2) is 24.1 Å². The lowest BCUT2D eigenvalue weighted by atomic mass is 10.3. The van der Waals surface area contributed by atoms with E-state index in [4.69, 9.17) is 0 Å². The third kappa shape index (κ3) is 4.75. The third-order valence-corrected chi connectivity index (χ3v) is 4.24. The molecule has 0 aliphatic heterocycles. The maximum Gasteiger partial charge on any atom is 0.234 e. The molecular weight excluding hydrogens is 377 g/mol. The Hall–Kier alpha value is -1.22. The molecule has 0 amide bonds. The second-order valence-electron chi connectivity index (χ2n) is 3.85. The van der Waals surface area contributed by atoms with E-state index in [0.29, 0.717) is 12.2 Å². The van der Waals surface area contributed by atoms with Gasteiger partial charge < -0.3 is 0 Å². The van der Waals surface area contributed by atoms with Crippen LogP contribution in [0.15, 0.2) is 42.7 Å². The minimum Gasteiger partial charge on any atom is -0.267 e. The summed E-state index contributed by atoms with van der Waals surface area (Å²) < 4.78 is 27.2. The van der Waals surface area contributed by atoms with Crippen molar-refractivity contribution in [2.45, 2.75) is 6.42 Å². The van der Waals surface area contributed by atoms with Gasteiger partial charge in [0, 0.05) is 28.1 Å². The Bertz CT molecular complexity index is 630. The molecule has 2 aromatic rings. The molecule has 0 aliphatic carbocycles. The van der Waals surface area contributed by atoms with Crippen molar-refractivity contribution in [3.05, 3.63) is 52.0 Å². The van der Waals surface area contributed by atoms with Gasteiger partial charge in [0.05, 0.1) is 5.75 Å². The van der Waals surface area contributed by atoms with Crippen LogP contribution in [0, 0.1) is 3.57 Å². The summed E-state index contributed by atoms with van der Waals surface area (Å²) in [6.45, 7) is 0. The van der Waals surface area contributed by atoms with Crippen molar-refractivity contribution in [3.8, 4) is 0 Å². The van der Waals surface area contributed by atoms with Crippen molar-refractivity contribution in [1.82, 2.24) is 9.97 Å². The largest absolute Gasteiger partial charge is 0.267 e. The van der Waals surface area contributed by atoms with Gasteiger partial charge >= 0.3 is 0 Å². The molecule has 0 radical (unpaired) electrons. The molecule has 2 heterocycles. The van der Waals surface area contributed by atoms with E-state index in [0.717, 1.165) is 9.26 Å². The molecule has 7 heteroatoms. The van der Waals surface area contributed by atoms with Crippen LogP contribution in [-0.2, 0) is 16.4 Å². The first-order chi connectivity index (χ1) is 9.05. The van der Waals surface area contributed by atoms with Crippen LogP contribution in [0.2, 0.25) is 0 Å². The average molecular weight is 389 g/mol. The highest BCUT2D eigenvalue weighted by Crippen LogP contribution is 2.09. The summed E-state index contributed by atoms with van der Waals surface area (Å²) in [5.74, 6) is 0.318. The molecule has 0 fully saturated rings. The summed E-state index contributed by atoms with van der Waals surface area (Å²) in [5, 5.41) is 0. The van der Waals surface area contributed by atoms with Gasteiger partial charge in [-0.2, -0.15) is 0 Å². The predicted molar refractivity (Wildman–Crippen MR) is 82.3 cm³/mol. The third-order valence-electron chi connectivity index (χ3n) is 2.34. The van der Waals surface area contributed by atoms with Crippen LogP contribution in [0.5, 0.6) is 0 Å². The lowest BCUT2D eigenvalue weighted by molar-refractivity contribution is 0.600. The number of anilines is 1. The summed E-state index contributed by atoms with van der Waals surface area (Å²) in [7, 11) is -3.40. The zero-order valence-corrected chi connectivity index (χ0v) is 12.9. The number of aromatic nitrogens is 2. The molecule has 1 N–H and O–H groups in total. The van der Waals surface area contributed by atoms with Gasteiger partial charge in [0.2, 0.25) is 10.0 Å². The van der Waals surface area contributed by atoms with Gasteiger partial charge in [-0.05, 0) is 46.9 Å². The Morgan fingerprint density at radius 2 is 2.00 bits per heavy atom. The smallest absolute Gasteiger partial charge is 0.234 e. The molecule has 5 nitrogen and oxygen atoms in total. The fourth-order valence-corrected chi connectivity index (χ4v) is 2.77. The molecular formula is C12H12IN3O2S. The number of sulfonamides is 1. The Balaban J connectivity index is 1.97. The van der Waals surface area contributed by atoms with Crippen molar-refractivity contribution < 1.29 is 8.42 Å². The summed E-state index contributed by atoms with van der Waals surface area (Å²) in [6, 6.07) is 8.87. The number of rotatable bonds is 5. The Morgan fingerprint density at radius 1 is 1.16 bits per heavy atom. The van der Waals surface area contributed by atoms with Crippen LogP contribution in [0.25, 0.3) is 0 Å². The van der Waals surface area contributed by atoms with Crippen molar-refractivity contribution in [1.29, 1.82) is 0 Å². The molecule has 0 bridgehead atoms. The minimum absolute atomic E-state index is 0.0162. The number of nitrogens with one attached hydrogen (secondary N) is 1. The highest BCUT2D eigenvalue weighted by Gasteiger charge is 2.11. The molecule has 0 saturated carbocycles. The normalized spacial score (nSPS) is 11.2. The molecule has 0 unspecified atom stereocenters. The molecule has 0 atom stereocenters. The van der Waals surface area contributed by atoms with Gasteiger partial charge in [0.25, 0.3) is 0 Å². The van der Waals surface area contributed by atoms with Gasteiger partial charge in [-0.15, -0.1) is 0 Å². The second kappa shape index (κ2) is 6.29. The molecule has 19 heavy (non-hydrogen) atoms. The molecule has 0 saturated heterocycles. The van der Waals surface area contributed by atoms with Crippen molar-refractivity contribution in [2.75, 3.05) is 10.5 Å². The van der Waals surface area contributed by atoms with Crippen molar-refractivity contribution in [3.63, 3.8) is 0 Å². The summed E-state index contributed by atoms with van der Waals surface area (Å²) in [4.78, 5) is 8.10. The lowest BCUT2D eigenvalue weighted by Crippen LogP contribution is -2.19. The number of hydrogen-bond donors (Lipinski definition) is 1. The van der Waals surface area contributed by atoms with Gasteiger partial charge in [-0.3, -0.25) is 9.71 Å². The van der Waals surface area contributed by atoms with Crippen LogP contribution >= 0.6 is 22.6 Å². The molecule has 0 aliphatic rings. The topological polar surface area (TPSA) is 72.0 Å². The predicted octanol–water partition coefficient (Wildman–Crippen LogP) is 2.07. The Labute approximate surface area is 125 Å². The van der Waals surface area contributed by atoms with Crippen LogP contribution in [0.1, 0.15) is 5.69 Å². The first kappa shape index (κ1) is 14.2. The number of aryl methyl sites for hydroxylation is 1. The van der Waals surface area contributed by atoms with E-state index in [9.17, 15) is 8.42 Å². The fraction of sp³-hybridized carbons (Fsp3) is 0.167. The zero-order valence-electron chi connectivity index (χ0n) is 9.95. The standard InChI is InChI=1S/C12H12IN3O2S/c13-10-4-5-12(15-9-10)16-19(17,18)8-6-11-3-1-2-7-14-11/h1-5,7,9H,6,8H2,(H,15,16). The Kier molecular flexibility index (Phi) is 4.70. The quantitative estimate of drug-likeness (QED) is 0.795. The molecule has 0 spiro atoms. The van der Waals surface area contributed by atoms with Gasteiger partial charge in [0.1, 0.15) is 5.82 Å². The van der Waals surface area contributed by atoms with Gasteiger partial charge in [0.15, 0.2) is 0 Å². The maximum atomic E-state index is 11.9. The number of hydrogen-bond acceptors (Lipinski definition) is 4. The molecule has 2 aromatic heterocycles. The minimum atomic E-state index is -3.40. The second-order valence-corrected chi connectivity index (χ2v) is 6.94. The van der Waals surface area contributed by atoms with Crippen LogP contribution < -0.4 is 4.72 Å². The van der Waals surface area contributed by atoms with Crippen LogP contribution in [0.4, 0.5) is 5.82 Å². The summed E-state index contributed by atoms with van der Waals surface area (Å²) in [6.07, 6.45) is 3.63. The van der Waals surface area contributed by atoms with E-state index >= 15 is 0 Å². The SMILES string of the molecule is O=S(=O)(CCc1ccccn1)Nc1ccc(I)cn1. The van der Waals surface area contributed by atoms with E-state index in [2.05, 4.69) is 37.3 Å². The fourth-order valence-electron chi connectivity index (χ4n) is 1.43. The van der Waals surface area contributed by atoms with Gasteiger partial charge in [-0.1, -0.05) is 6.07 Å². The lowest BCUT2D eigenvalue weighted by Gasteiger charge is -2.06. The van der Waals surface area contributed by atoms with E-state index in [-0.39, 0.29) is 5.75 Å². The highest BCUT2D eigenvalue weighted by atomic mass is 127. The number of nitrogens with zero attached hydrogens (tertiary/aromatic N) is 2. The van der Waals surface area contributed by atoms with Crippen LogP contribution in [0.3, 0.4) is 0 Å². The van der Waals surface area contributed by atoms with E-state index < -0.39 is 10.0 Å². The maximum absolute atomic E-state index is 11.9. The van der Waals surface area contributed by atoms with Gasteiger partial charge in [-0.25, -0.2) is 13.4 Å². The van der Waals surface area contributed by atoms with E-state index in [1.807, 2.05) is 6.07 Å². The number of halogens is 1. The molecule has 2 rings (SSSR count). The summed E-state index contributed by atoms with van der Waals surface area (Å²) in [5.41, 5.74) is 0.753. The summed E-state index contributed by atoms with van der Waals surface area (Å²) >= 11 is 2.11. The molecule has 100 valence electrons. The highest BCUT2D eigenvalue weighted by molar-refractivity contribution is 14.1. The van der Waals surface area contributed by atoms with E-state index in [1.54, 1.807) is 36.7 Å². The zero-order chi connectivity index (χ0) is 13.7. The monoisotopic (exact) mass is 389 g/mol. The Morgan fingerprint density at radius 3 is 2.63 bits per heavy atom. The first-order valence-corrected chi connectivity index (χ1v) is 8.30.